The molecular weight excluding hydrogens is 180 g/mol. The van der Waals surface area contributed by atoms with E-state index in [1.165, 1.54) is 0 Å². The second kappa shape index (κ2) is 2.91. The standard InChI is InChI=1S/C6H8F4O2/c1-5(2,4(11)12)3(7)6(8,9)10/h3H,1-2H3,(H,11,12). The molecule has 0 bridgehead atoms. The van der Waals surface area contributed by atoms with E-state index in [4.69, 9.17) is 5.11 Å². The third-order valence-corrected chi connectivity index (χ3v) is 1.47. The first-order valence-electron chi connectivity index (χ1n) is 3.04. The topological polar surface area (TPSA) is 37.3 Å². The molecular formula is C6H8F4O2. The summed E-state index contributed by atoms with van der Waals surface area (Å²) in [5.74, 6) is -1.81. The molecule has 1 unspecified atom stereocenters. The summed E-state index contributed by atoms with van der Waals surface area (Å²) in [4.78, 5) is 10.2. The van der Waals surface area contributed by atoms with Gasteiger partial charge < -0.3 is 5.11 Å². The zero-order chi connectivity index (χ0) is 10.2. The van der Waals surface area contributed by atoms with Gasteiger partial charge in [-0.1, -0.05) is 0 Å². The van der Waals surface area contributed by atoms with Crippen LogP contribution in [0.4, 0.5) is 17.6 Å². The summed E-state index contributed by atoms with van der Waals surface area (Å²) in [6.45, 7) is 1.38. The van der Waals surface area contributed by atoms with E-state index in [2.05, 4.69) is 0 Å². The summed E-state index contributed by atoms with van der Waals surface area (Å²) in [5, 5.41) is 8.24. The molecule has 0 heterocycles. The van der Waals surface area contributed by atoms with Gasteiger partial charge in [-0.25, -0.2) is 4.39 Å². The van der Waals surface area contributed by atoms with Crippen molar-refractivity contribution in [2.24, 2.45) is 5.41 Å². The number of carboxylic acids is 1. The molecule has 0 amide bonds. The molecule has 0 rings (SSSR count). The Balaban J connectivity index is 4.69. The predicted molar refractivity (Wildman–Crippen MR) is 32.4 cm³/mol. The van der Waals surface area contributed by atoms with Gasteiger partial charge in [0.1, 0.15) is 5.41 Å². The van der Waals surface area contributed by atoms with Crippen molar-refractivity contribution in [1.82, 2.24) is 0 Å². The summed E-state index contributed by atoms with van der Waals surface area (Å²) in [7, 11) is 0. The molecule has 0 aromatic carbocycles. The monoisotopic (exact) mass is 188 g/mol. The molecule has 0 saturated carbocycles. The Kier molecular flexibility index (Phi) is 2.72. The van der Waals surface area contributed by atoms with Gasteiger partial charge >= 0.3 is 12.1 Å². The Morgan fingerprint density at radius 2 is 1.67 bits per heavy atom. The molecule has 0 aromatic rings. The SMILES string of the molecule is CC(C)(C(=O)O)C(F)C(F)(F)F. The maximum Gasteiger partial charge on any atom is 0.420 e. The van der Waals surface area contributed by atoms with Crippen LogP contribution < -0.4 is 0 Å². The molecule has 1 N–H and O–H groups in total. The molecule has 2 nitrogen and oxygen atoms in total. The first-order chi connectivity index (χ1) is 5.10. The fourth-order valence-corrected chi connectivity index (χ4v) is 0.518. The van der Waals surface area contributed by atoms with Crippen LogP contribution in [-0.4, -0.2) is 23.4 Å². The molecule has 72 valence electrons. The van der Waals surface area contributed by atoms with Crippen molar-refractivity contribution < 1.29 is 27.5 Å². The molecule has 0 radical (unpaired) electrons. The van der Waals surface area contributed by atoms with E-state index in [0.29, 0.717) is 13.8 Å². The molecule has 0 saturated heterocycles. The van der Waals surface area contributed by atoms with E-state index in [-0.39, 0.29) is 0 Å². The average molecular weight is 188 g/mol. The van der Waals surface area contributed by atoms with E-state index >= 15 is 0 Å². The smallest absolute Gasteiger partial charge is 0.420 e. The number of hydrogen-bond donors (Lipinski definition) is 1. The Hall–Kier alpha value is -0.810. The van der Waals surface area contributed by atoms with E-state index in [1.54, 1.807) is 0 Å². The lowest BCUT2D eigenvalue weighted by Gasteiger charge is -2.25. The van der Waals surface area contributed by atoms with Gasteiger partial charge in [-0.3, -0.25) is 4.79 Å². The van der Waals surface area contributed by atoms with Crippen LogP contribution >= 0.6 is 0 Å². The Bertz CT molecular complexity index is 184. The van der Waals surface area contributed by atoms with Crippen LogP contribution in [0.2, 0.25) is 0 Å². The highest BCUT2D eigenvalue weighted by Crippen LogP contribution is 2.36. The van der Waals surface area contributed by atoms with E-state index in [9.17, 15) is 22.4 Å². The van der Waals surface area contributed by atoms with E-state index < -0.39 is 23.7 Å². The maximum atomic E-state index is 12.4. The molecule has 6 heteroatoms. The van der Waals surface area contributed by atoms with Crippen LogP contribution in [0.15, 0.2) is 0 Å². The lowest BCUT2D eigenvalue weighted by molar-refractivity contribution is -0.214. The number of hydrogen-bond acceptors (Lipinski definition) is 1. The molecule has 0 aliphatic heterocycles. The highest BCUT2D eigenvalue weighted by Gasteiger charge is 2.53. The second-order valence-electron chi connectivity index (χ2n) is 2.93. The highest BCUT2D eigenvalue weighted by molar-refractivity contribution is 5.74. The van der Waals surface area contributed by atoms with E-state index in [1.807, 2.05) is 0 Å². The van der Waals surface area contributed by atoms with Crippen LogP contribution in [0.5, 0.6) is 0 Å². The number of rotatable bonds is 2. The minimum atomic E-state index is -5.12. The molecule has 12 heavy (non-hydrogen) atoms. The Labute approximate surface area is 66.2 Å². The highest BCUT2D eigenvalue weighted by atomic mass is 19.4. The van der Waals surface area contributed by atoms with Crippen molar-refractivity contribution in [3.63, 3.8) is 0 Å². The minimum absolute atomic E-state index is 0.688. The van der Waals surface area contributed by atoms with Crippen molar-refractivity contribution in [3.8, 4) is 0 Å². The first-order valence-corrected chi connectivity index (χ1v) is 3.04. The van der Waals surface area contributed by atoms with Crippen LogP contribution in [0.1, 0.15) is 13.8 Å². The van der Waals surface area contributed by atoms with Crippen LogP contribution in [0.3, 0.4) is 0 Å². The normalized spacial score (nSPS) is 15.8. The van der Waals surface area contributed by atoms with Gasteiger partial charge in [0.25, 0.3) is 0 Å². The molecule has 0 spiro atoms. The Morgan fingerprint density at radius 3 is 1.75 bits per heavy atom. The van der Waals surface area contributed by atoms with Crippen molar-refractivity contribution in [1.29, 1.82) is 0 Å². The van der Waals surface area contributed by atoms with Crippen LogP contribution in [0.25, 0.3) is 0 Å². The zero-order valence-electron chi connectivity index (χ0n) is 6.44. The van der Waals surface area contributed by atoms with Crippen LogP contribution in [-0.2, 0) is 4.79 Å². The Morgan fingerprint density at radius 1 is 1.33 bits per heavy atom. The van der Waals surface area contributed by atoms with Crippen molar-refractivity contribution in [2.75, 3.05) is 0 Å². The maximum absolute atomic E-state index is 12.4. The summed E-state index contributed by atoms with van der Waals surface area (Å²) in [6.07, 6.45) is -8.47. The first kappa shape index (κ1) is 11.2. The van der Waals surface area contributed by atoms with E-state index in [0.717, 1.165) is 0 Å². The second-order valence-corrected chi connectivity index (χ2v) is 2.93. The summed E-state index contributed by atoms with van der Waals surface area (Å²) in [5.41, 5.74) is -2.43. The van der Waals surface area contributed by atoms with Crippen molar-refractivity contribution in [2.45, 2.75) is 26.2 Å². The largest absolute Gasteiger partial charge is 0.481 e. The lowest BCUT2D eigenvalue weighted by Crippen LogP contribution is -2.43. The van der Waals surface area contributed by atoms with Gasteiger partial charge in [-0.15, -0.1) is 0 Å². The zero-order valence-corrected chi connectivity index (χ0v) is 6.44. The molecule has 0 aromatic heterocycles. The number of carbonyl (C=O) groups is 1. The summed E-state index contributed by atoms with van der Waals surface area (Å²) >= 11 is 0. The molecule has 0 aliphatic carbocycles. The van der Waals surface area contributed by atoms with Gasteiger partial charge in [-0.2, -0.15) is 13.2 Å². The third kappa shape index (κ3) is 2.09. The molecule has 0 aliphatic rings. The number of alkyl halides is 4. The molecule has 0 fully saturated rings. The predicted octanol–water partition coefficient (Wildman–Crippen LogP) is 2.00. The number of carboxylic acid groups (broad SMARTS) is 1. The van der Waals surface area contributed by atoms with Crippen molar-refractivity contribution in [3.05, 3.63) is 0 Å². The minimum Gasteiger partial charge on any atom is -0.481 e. The average Bonchev–Trinajstić information content (AvgIpc) is 1.83. The number of aliphatic carboxylic acids is 1. The fourth-order valence-electron chi connectivity index (χ4n) is 0.518. The van der Waals surface area contributed by atoms with Gasteiger partial charge in [0, 0.05) is 0 Å². The lowest BCUT2D eigenvalue weighted by atomic mass is 9.87. The van der Waals surface area contributed by atoms with Gasteiger partial charge in [0.05, 0.1) is 0 Å². The van der Waals surface area contributed by atoms with Crippen molar-refractivity contribution >= 4 is 5.97 Å². The fraction of sp³-hybridized carbons (Fsp3) is 0.833. The van der Waals surface area contributed by atoms with Crippen LogP contribution in [0, 0.1) is 5.41 Å². The van der Waals surface area contributed by atoms with Gasteiger partial charge in [-0.05, 0) is 13.8 Å². The summed E-state index contributed by atoms with van der Waals surface area (Å²) < 4.78 is 47.4. The third-order valence-electron chi connectivity index (χ3n) is 1.47. The number of halogens is 4. The van der Waals surface area contributed by atoms with Gasteiger partial charge in [0.2, 0.25) is 6.17 Å². The van der Waals surface area contributed by atoms with Gasteiger partial charge in [0.15, 0.2) is 0 Å². The summed E-state index contributed by atoms with van der Waals surface area (Å²) in [6, 6.07) is 0. The quantitative estimate of drug-likeness (QED) is 0.673. The molecule has 1 atom stereocenters.